The van der Waals surface area contributed by atoms with Gasteiger partial charge in [0.1, 0.15) is 12.9 Å². The van der Waals surface area contributed by atoms with Gasteiger partial charge in [-0.15, -0.1) is 0 Å². The van der Waals surface area contributed by atoms with Crippen LogP contribution in [0.2, 0.25) is 5.02 Å². The van der Waals surface area contributed by atoms with Gasteiger partial charge in [0.05, 0.1) is 0 Å². The Kier molecular flexibility index (Phi) is 6.39. The number of hydrogen-bond donors (Lipinski definition) is 1. The van der Waals surface area contributed by atoms with E-state index in [9.17, 15) is 9.59 Å². The number of hydrogen-bond acceptors (Lipinski definition) is 3. The normalized spacial score (nSPS) is 10.5. The van der Waals surface area contributed by atoms with Crippen molar-refractivity contribution in [3.8, 4) is 0 Å². The second kappa shape index (κ2) is 8.76. The third-order valence-corrected chi connectivity index (χ3v) is 3.36. The molecule has 0 unspecified atom stereocenters. The minimum Gasteiger partial charge on any atom is -0.445 e. The van der Waals surface area contributed by atoms with Crippen LogP contribution in [-0.2, 0) is 11.3 Å². The molecule has 2 rings (SSSR count). The second-order valence-electron chi connectivity index (χ2n) is 4.74. The van der Waals surface area contributed by atoms with E-state index in [2.05, 4.69) is 5.32 Å². The van der Waals surface area contributed by atoms with Crippen LogP contribution in [0.15, 0.2) is 54.6 Å². The molecular weight excluding hydrogens is 314 g/mol. The first-order valence-corrected chi connectivity index (χ1v) is 7.42. The summed E-state index contributed by atoms with van der Waals surface area (Å²) in [5.74, 6) is 0. The lowest BCUT2D eigenvalue weighted by Gasteiger charge is -2.05. The van der Waals surface area contributed by atoms with Crippen molar-refractivity contribution in [1.82, 2.24) is 5.32 Å². The van der Waals surface area contributed by atoms with Crippen molar-refractivity contribution in [2.45, 2.75) is 6.61 Å². The average Bonchev–Trinajstić information content (AvgIpc) is 2.58. The first-order valence-electron chi connectivity index (χ1n) is 7.05. The Labute approximate surface area is 139 Å². The summed E-state index contributed by atoms with van der Waals surface area (Å²) in [7, 11) is 0. The van der Waals surface area contributed by atoms with Crippen LogP contribution in [0, 0.1) is 0 Å². The summed E-state index contributed by atoms with van der Waals surface area (Å²) in [6, 6.07) is 14.5. The lowest BCUT2D eigenvalue weighted by atomic mass is 10.1. The summed E-state index contributed by atoms with van der Waals surface area (Å²) < 4.78 is 5.09. The molecule has 23 heavy (non-hydrogen) atoms. The molecule has 0 aromatic heterocycles. The lowest BCUT2D eigenvalue weighted by molar-refractivity contribution is 0.112. The van der Waals surface area contributed by atoms with Crippen molar-refractivity contribution in [1.29, 1.82) is 0 Å². The van der Waals surface area contributed by atoms with Gasteiger partial charge >= 0.3 is 6.09 Å². The van der Waals surface area contributed by atoms with Crippen molar-refractivity contribution >= 4 is 30.1 Å². The van der Waals surface area contributed by atoms with Crippen LogP contribution in [-0.4, -0.2) is 18.9 Å². The van der Waals surface area contributed by atoms with Gasteiger partial charge in [0.15, 0.2) is 0 Å². The summed E-state index contributed by atoms with van der Waals surface area (Å²) in [4.78, 5) is 22.2. The van der Waals surface area contributed by atoms with Crippen LogP contribution in [0.1, 0.15) is 21.5 Å². The zero-order valence-corrected chi connectivity index (χ0v) is 13.1. The molecule has 0 spiro atoms. The molecular formula is C18H16ClNO3. The predicted octanol–water partition coefficient (Wildman–Crippen LogP) is 4.09. The van der Waals surface area contributed by atoms with E-state index in [0.29, 0.717) is 17.1 Å². The highest BCUT2D eigenvalue weighted by atomic mass is 35.5. The molecule has 0 bridgehead atoms. The number of halogens is 1. The standard InChI is InChI=1S/C18H16ClNO3/c19-17-11-15(12-21)8-9-16(17)7-4-10-20-18(22)23-13-14-5-2-1-3-6-14/h1-9,11-12H,10,13H2,(H,20,22). The molecule has 0 saturated heterocycles. The second-order valence-corrected chi connectivity index (χ2v) is 5.15. The molecule has 2 aromatic carbocycles. The largest absolute Gasteiger partial charge is 0.445 e. The minimum atomic E-state index is -0.485. The zero-order valence-electron chi connectivity index (χ0n) is 12.4. The number of nitrogens with one attached hydrogen (secondary N) is 1. The molecule has 2 aromatic rings. The maximum Gasteiger partial charge on any atom is 0.407 e. The monoisotopic (exact) mass is 329 g/mol. The Morgan fingerprint density at radius 1 is 1.17 bits per heavy atom. The van der Waals surface area contributed by atoms with Crippen LogP contribution < -0.4 is 5.32 Å². The van der Waals surface area contributed by atoms with E-state index in [4.69, 9.17) is 16.3 Å². The van der Waals surface area contributed by atoms with Crippen molar-refractivity contribution in [2.75, 3.05) is 6.54 Å². The van der Waals surface area contributed by atoms with Crippen molar-refractivity contribution in [3.63, 3.8) is 0 Å². The van der Waals surface area contributed by atoms with Gasteiger partial charge in [-0.25, -0.2) is 4.79 Å². The number of aldehydes is 1. The van der Waals surface area contributed by atoms with E-state index in [-0.39, 0.29) is 6.61 Å². The highest BCUT2D eigenvalue weighted by molar-refractivity contribution is 6.32. The third kappa shape index (κ3) is 5.60. The predicted molar refractivity (Wildman–Crippen MR) is 90.5 cm³/mol. The molecule has 0 atom stereocenters. The van der Waals surface area contributed by atoms with Crippen LogP contribution in [0.4, 0.5) is 4.79 Å². The summed E-state index contributed by atoms with van der Waals surface area (Å²) in [5, 5.41) is 3.10. The molecule has 0 aliphatic heterocycles. The molecule has 0 saturated carbocycles. The van der Waals surface area contributed by atoms with Crippen molar-refractivity contribution in [3.05, 3.63) is 76.3 Å². The fraction of sp³-hybridized carbons (Fsp3) is 0.111. The molecule has 5 heteroatoms. The minimum absolute atomic E-state index is 0.232. The summed E-state index contributed by atoms with van der Waals surface area (Å²) in [6.07, 6.45) is 3.78. The number of ether oxygens (including phenoxy) is 1. The van der Waals surface area contributed by atoms with Crippen LogP contribution in [0.3, 0.4) is 0 Å². The van der Waals surface area contributed by atoms with E-state index < -0.39 is 6.09 Å². The summed E-state index contributed by atoms with van der Waals surface area (Å²) >= 11 is 6.05. The van der Waals surface area contributed by atoms with E-state index in [1.807, 2.05) is 30.3 Å². The van der Waals surface area contributed by atoms with Gasteiger partial charge in [0.25, 0.3) is 0 Å². The number of carbonyl (C=O) groups is 2. The summed E-state index contributed by atoms with van der Waals surface area (Å²) in [5.41, 5.74) is 2.23. The lowest BCUT2D eigenvalue weighted by Crippen LogP contribution is -2.24. The Balaban J connectivity index is 1.75. The number of rotatable bonds is 6. The number of alkyl carbamates (subject to hydrolysis) is 1. The number of carbonyl (C=O) groups excluding carboxylic acids is 2. The molecule has 0 aliphatic rings. The van der Waals surface area contributed by atoms with Gasteiger partial charge in [0.2, 0.25) is 0 Å². The van der Waals surface area contributed by atoms with Crippen LogP contribution >= 0.6 is 11.6 Å². The molecule has 118 valence electrons. The number of benzene rings is 2. The first kappa shape index (κ1) is 16.8. The van der Waals surface area contributed by atoms with Gasteiger partial charge in [-0.05, 0) is 17.2 Å². The summed E-state index contributed by atoms with van der Waals surface area (Å²) in [6.45, 7) is 0.550. The molecule has 0 radical (unpaired) electrons. The Morgan fingerprint density at radius 3 is 2.65 bits per heavy atom. The SMILES string of the molecule is O=Cc1ccc(C=CCNC(=O)OCc2ccccc2)c(Cl)c1. The fourth-order valence-electron chi connectivity index (χ4n) is 1.85. The highest BCUT2D eigenvalue weighted by Gasteiger charge is 2.01. The zero-order chi connectivity index (χ0) is 16.5. The molecule has 0 fully saturated rings. The Bertz CT molecular complexity index is 699. The third-order valence-electron chi connectivity index (χ3n) is 3.04. The van der Waals surface area contributed by atoms with Gasteiger partial charge in [-0.2, -0.15) is 0 Å². The van der Waals surface area contributed by atoms with Gasteiger partial charge < -0.3 is 10.1 Å². The molecule has 0 aliphatic carbocycles. The van der Waals surface area contributed by atoms with E-state index in [0.717, 1.165) is 17.4 Å². The topological polar surface area (TPSA) is 55.4 Å². The maximum absolute atomic E-state index is 11.5. The molecule has 1 amide bonds. The van der Waals surface area contributed by atoms with E-state index >= 15 is 0 Å². The molecule has 1 N–H and O–H groups in total. The van der Waals surface area contributed by atoms with Gasteiger partial charge in [-0.3, -0.25) is 4.79 Å². The molecule has 4 nitrogen and oxygen atoms in total. The Morgan fingerprint density at radius 2 is 1.96 bits per heavy atom. The highest BCUT2D eigenvalue weighted by Crippen LogP contribution is 2.18. The quantitative estimate of drug-likeness (QED) is 0.812. The number of amides is 1. The van der Waals surface area contributed by atoms with E-state index in [1.54, 1.807) is 30.4 Å². The van der Waals surface area contributed by atoms with Gasteiger partial charge in [-0.1, -0.05) is 66.2 Å². The van der Waals surface area contributed by atoms with E-state index in [1.165, 1.54) is 0 Å². The maximum atomic E-state index is 11.5. The Hall–Kier alpha value is -2.59. The van der Waals surface area contributed by atoms with Crippen LogP contribution in [0.25, 0.3) is 6.08 Å². The van der Waals surface area contributed by atoms with Gasteiger partial charge in [0, 0.05) is 17.1 Å². The fourth-order valence-corrected chi connectivity index (χ4v) is 2.11. The molecule has 0 heterocycles. The smallest absolute Gasteiger partial charge is 0.407 e. The van der Waals surface area contributed by atoms with Crippen molar-refractivity contribution in [2.24, 2.45) is 0 Å². The van der Waals surface area contributed by atoms with Crippen LogP contribution in [0.5, 0.6) is 0 Å². The average molecular weight is 330 g/mol. The van der Waals surface area contributed by atoms with Crippen molar-refractivity contribution < 1.29 is 14.3 Å². The first-order chi connectivity index (χ1) is 11.2.